The van der Waals surface area contributed by atoms with Crippen molar-refractivity contribution in [2.45, 2.75) is 77.6 Å². The molecule has 1 aliphatic rings. The van der Waals surface area contributed by atoms with E-state index in [1.807, 2.05) is 66.9 Å². The van der Waals surface area contributed by atoms with Crippen molar-refractivity contribution >= 4 is 32.8 Å². The fourth-order valence-electron chi connectivity index (χ4n) is 10.3. The summed E-state index contributed by atoms with van der Waals surface area (Å²) in [4.78, 5) is 4.84. The first-order valence-electron chi connectivity index (χ1n) is 29.0. The molecule has 0 saturated carbocycles. The standard InChI is InChI=1S/C66H56N4O.Pt/c1-64(2,3)48-34-37-67-62(40-48)70-58-27-15-14-24-54(58)55-31-30-51(42-60(55)70)71-50-23-16-22-49(41-50)68-43-69(63-52(44-18-10-8-11-19-44)25-17-26-53(63)45-20-12-9-13-21-45)61-39-47(29-33-59(61)68)46-28-32-56-57(38-46)66(6,7)36-35-65(56,4)5;/h8-34,37-40H,35-36H2,1-7H3;/q-2;/i8D,9D,10D,11D,12D,13D,18D,19D,20D,21D;. The van der Waals surface area contributed by atoms with E-state index >= 15 is 0 Å². The smallest absolute Gasteiger partial charge is 0.268 e. The molecule has 0 aliphatic heterocycles. The van der Waals surface area contributed by atoms with Gasteiger partial charge in [-0.25, -0.2) is 4.98 Å². The van der Waals surface area contributed by atoms with Gasteiger partial charge in [-0.15, -0.1) is 29.7 Å². The first kappa shape index (κ1) is 36.6. The molecule has 6 heteroatoms. The second kappa shape index (κ2) is 18.1. The van der Waals surface area contributed by atoms with Gasteiger partial charge in [-0.1, -0.05) is 181 Å². The average molecular weight is 1130 g/mol. The summed E-state index contributed by atoms with van der Waals surface area (Å²) in [5.41, 5.74) is 8.82. The molecule has 1 aliphatic carbocycles. The van der Waals surface area contributed by atoms with Crippen LogP contribution in [-0.4, -0.2) is 14.1 Å². The van der Waals surface area contributed by atoms with Crippen LogP contribution < -0.4 is 9.30 Å². The van der Waals surface area contributed by atoms with E-state index in [0.717, 1.165) is 57.2 Å². The van der Waals surface area contributed by atoms with Gasteiger partial charge in [-0.3, -0.25) is 4.57 Å². The fraction of sp³-hybridized carbons (Fsp3) is 0.182. The van der Waals surface area contributed by atoms with Crippen molar-refractivity contribution in [3.05, 3.63) is 223 Å². The SMILES string of the molecule is [2H]c1c([2H])c([2H])c(-c2cccc(-c3c([2H])c([2H])c([2H])c([2H])c3[2H])c2-[n+]2[c-]n(-c3[c-]c(Oc4[c-]c5c(cc4)c4ccccc4n5-c4cc(C(C)(C)C)ccn4)ccc3)c3ccc(-c4ccc5c(c4)C(C)(C)CCC5(C)C)cc32)c([2H])c1[2H].[Pt]. The molecule has 0 N–H and O–H groups in total. The van der Waals surface area contributed by atoms with Gasteiger partial charge in [-0.2, -0.15) is 18.2 Å². The van der Waals surface area contributed by atoms with Gasteiger partial charge >= 0.3 is 0 Å². The molecule has 0 amide bonds. The van der Waals surface area contributed by atoms with E-state index in [9.17, 15) is 5.48 Å². The van der Waals surface area contributed by atoms with Crippen molar-refractivity contribution in [3.63, 3.8) is 0 Å². The molecular weight excluding hydrogens is 1060 g/mol. The maximum absolute atomic E-state index is 9.27. The van der Waals surface area contributed by atoms with Crippen molar-refractivity contribution in [1.29, 1.82) is 0 Å². The molecule has 0 unspecified atom stereocenters. The Morgan fingerprint density at radius 2 is 1.26 bits per heavy atom. The minimum atomic E-state index is -0.574. The number of rotatable bonds is 8. The second-order valence-electron chi connectivity index (χ2n) is 20.8. The van der Waals surface area contributed by atoms with Gasteiger partial charge in [0.15, 0.2) is 0 Å². The number of para-hydroxylation sites is 2. The Balaban J connectivity index is 0.00000705. The van der Waals surface area contributed by atoms with E-state index in [1.54, 1.807) is 33.4 Å². The summed E-state index contributed by atoms with van der Waals surface area (Å²) < 4.78 is 101. The molecule has 3 aromatic heterocycles. The zero-order chi connectivity index (χ0) is 57.4. The minimum absolute atomic E-state index is 0. The number of hydrogen-bond acceptors (Lipinski definition) is 2. The van der Waals surface area contributed by atoms with Crippen LogP contribution in [0.25, 0.3) is 83.4 Å². The zero-order valence-electron chi connectivity index (χ0n) is 51.1. The number of hydrogen-bond donors (Lipinski definition) is 0. The maximum Gasteiger partial charge on any atom is 0.268 e. The number of fused-ring (bicyclic) bond motifs is 5. The van der Waals surface area contributed by atoms with Gasteiger partial charge in [-0.05, 0) is 114 Å². The first-order valence-corrected chi connectivity index (χ1v) is 24.0. The van der Waals surface area contributed by atoms with Crippen LogP contribution in [0.15, 0.2) is 188 Å². The Kier molecular flexibility index (Phi) is 9.17. The predicted octanol–water partition coefficient (Wildman–Crippen LogP) is 16.2. The van der Waals surface area contributed by atoms with Crippen LogP contribution in [0.3, 0.4) is 0 Å². The Bertz CT molecular complexity index is 4320. The first-order chi connectivity index (χ1) is 38.4. The topological polar surface area (TPSA) is 35.9 Å². The van der Waals surface area contributed by atoms with Gasteiger partial charge < -0.3 is 13.9 Å². The number of ether oxygens (including phenoxy) is 1. The Morgan fingerprint density at radius 1 is 0.611 bits per heavy atom. The summed E-state index contributed by atoms with van der Waals surface area (Å²) in [5, 5.41) is 2.02. The van der Waals surface area contributed by atoms with Crippen LogP contribution in [0.4, 0.5) is 0 Å². The van der Waals surface area contributed by atoms with Gasteiger partial charge in [0.05, 0.1) is 30.4 Å². The minimum Gasteiger partial charge on any atom is -0.510 e. The van der Waals surface area contributed by atoms with Gasteiger partial charge in [0.25, 0.3) is 6.33 Å². The van der Waals surface area contributed by atoms with Crippen molar-refractivity contribution in [1.82, 2.24) is 14.1 Å². The monoisotopic (exact) mass is 1130 g/mol. The molecule has 0 radical (unpaired) electrons. The molecule has 3 heterocycles. The summed E-state index contributed by atoms with van der Waals surface area (Å²) in [6.07, 6.45) is 7.45. The number of benzene rings is 8. The van der Waals surface area contributed by atoms with E-state index in [0.29, 0.717) is 28.2 Å². The van der Waals surface area contributed by atoms with Gasteiger partial charge in [0, 0.05) is 44.3 Å². The van der Waals surface area contributed by atoms with Crippen molar-refractivity contribution < 1.29 is 44.1 Å². The molecule has 5 nitrogen and oxygen atoms in total. The normalized spacial score (nSPS) is 16.0. The summed E-state index contributed by atoms with van der Waals surface area (Å²) >= 11 is 0. The largest absolute Gasteiger partial charge is 0.510 e. The number of imidazole rings is 1. The van der Waals surface area contributed by atoms with Crippen LogP contribution in [-0.2, 0) is 37.3 Å². The van der Waals surface area contributed by atoms with E-state index in [1.165, 1.54) is 11.1 Å². The second-order valence-corrected chi connectivity index (χ2v) is 20.8. The zero-order valence-corrected chi connectivity index (χ0v) is 43.3. The Hall–Kier alpha value is -7.33. The number of aromatic nitrogens is 4. The molecule has 8 aromatic carbocycles. The number of pyridine rings is 1. The molecule has 0 saturated heterocycles. The average Bonchev–Trinajstić information content (AvgIpc) is 2.67. The quantitative estimate of drug-likeness (QED) is 0.112. The van der Waals surface area contributed by atoms with Gasteiger partial charge in [0.1, 0.15) is 5.82 Å². The van der Waals surface area contributed by atoms with Crippen LogP contribution in [0, 0.1) is 18.5 Å². The van der Waals surface area contributed by atoms with Gasteiger partial charge in [0.2, 0.25) is 0 Å². The maximum atomic E-state index is 9.27. The molecule has 0 spiro atoms. The van der Waals surface area contributed by atoms with E-state index in [-0.39, 0.29) is 65.3 Å². The summed E-state index contributed by atoms with van der Waals surface area (Å²) in [7, 11) is 0. The van der Waals surface area contributed by atoms with Crippen molar-refractivity contribution in [2.75, 3.05) is 0 Å². The number of nitrogens with zero attached hydrogens (tertiary/aromatic N) is 4. The Labute approximate surface area is 451 Å². The van der Waals surface area contributed by atoms with E-state index in [4.69, 9.17) is 17.9 Å². The fourth-order valence-corrected chi connectivity index (χ4v) is 10.3. The molecular formula is C66H56N4OPt-2. The van der Waals surface area contributed by atoms with Crippen LogP contribution in [0.1, 0.15) is 91.7 Å². The van der Waals surface area contributed by atoms with Crippen LogP contribution in [0.5, 0.6) is 11.5 Å². The Morgan fingerprint density at radius 3 is 1.99 bits per heavy atom. The van der Waals surface area contributed by atoms with Crippen LogP contribution >= 0.6 is 0 Å². The molecule has 11 aromatic rings. The molecule has 12 rings (SSSR count). The summed E-state index contributed by atoms with van der Waals surface area (Å²) in [6.45, 7) is 15.7. The predicted molar refractivity (Wildman–Crippen MR) is 290 cm³/mol. The third-order valence-corrected chi connectivity index (χ3v) is 14.3. The molecule has 0 bridgehead atoms. The van der Waals surface area contributed by atoms with Crippen molar-refractivity contribution in [2.24, 2.45) is 0 Å². The summed E-state index contributed by atoms with van der Waals surface area (Å²) in [6, 6.07) is 40.9. The molecule has 72 heavy (non-hydrogen) atoms. The van der Waals surface area contributed by atoms with Crippen LogP contribution in [0.2, 0.25) is 0 Å². The van der Waals surface area contributed by atoms with E-state index < -0.39 is 60.4 Å². The van der Waals surface area contributed by atoms with E-state index in [2.05, 4.69) is 108 Å². The molecule has 0 atom stereocenters. The van der Waals surface area contributed by atoms with Crippen molar-refractivity contribution in [3.8, 4) is 62.1 Å². The molecule has 0 fully saturated rings. The third-order valence-electron chi connectivity index (χ3n) is 14.3. The molecule has 358 valence electrons. The third kappa shape index (κ3) is 8.28. The summed E-state index contributed by atoms with van der Waals surface area (Å²) in [5.74, 6) is 1.54.